The van der Waals surface area contributed by atoms with E-state index >= 15 is 0 Å². The highest BCUT2D eigenvalue weighted by atomic mass is 16.5. The Morgan fingerprint density at radius 1 is 1.07 bits per heavy atom. The van der Waals surface area contributed by atoms with E-state index in [-0.39, 0.29) is 23.3 Å². The Kier molecular flexibility index (Phi) is 3.80. The number of carbonyl (C=O) groups is 1. The van der Waals surface area contributed by atoms with Crippen molar-refractivity contribution in [3.05, 3.63) is 72.9 Å². The van der Waals surface area contributed by atoms with Gasteiger partial charge in [-0.3, -0.25) is 14.4 Å². The fourth-order valence-corrected chi connectivity index (χ4v) is 3.88. The molecule has 0 bridgehead atoms. The van der Waals surface area contributed by atoms with Crippen LogP contribution in [-0.4, -0.2) is 15.5 Å². The molecule has 0 saturated heterocycles. The molecule has 6 heteroatoms. The molecule has 1 N–H and O–H groups in total. The van der Waals surface area contributed by atoms with Gasteiger partial charge >= 0.3 is 5.97 Å². The Hall–Kier alpha value is -3.15. The number of aryl methyl sites for hydroxylation is 3. The van der Waals surface area contributed by atoms with Gasteiger partial charge < -0.3 is 14.3 Å². The molecule has 0 aliphatic carbocycles. The molecule has 0 amide bonds. The van der Waals surface area contributed by atoms with Gasteiger partial charge in [0.2, 0.25) is 0 Å². The number of aromatic amines is 1. The summed E-state index contributed by atoms with van der Waals surface area (Å²) >= 11 is 0. The summed E-state index contributed by atoms with van der Waals surface area (Å²) in [6.45, 7) is 5.70. The molecule has 0 fully saturated rings. The number of fused-ring (bicyclic) bond motifs is 2. The van der Waals surface area contributed by atoms with Gasteiger partial charge in [-0.1, -0.05) is 11.6 Å². The lowest BCUT2D eigenvalue weighted by atomic mass is 9.86. The number of esters is 1. The van der Waals surface area contributed by atoms with Crippen molar-refractivity contribution in [2.45, 2.75) is 33.1 Å². The summed E-state index contributed by atoms with van der Waals surface area (Å²) in [7, 11) is 1.67. The summed E-state index contributed by atoms with van der Waals surface area (Å²) in [6, 6.07) is 7.45. The number of nitrogens with one attached hydrogen (secondary N) is 1. The van der Waals surface area contributed by atoms with E-state index in [1.165, 1.54) is 4.57 Å². The number of hydrogen-bond acceptors (Lipinski definition) is 4. The highest BCUT2D eigenvalue weighted by Gasteiger charge is 2.33. The molecule has 3 heterocycles. The van der Waals surface area contributed by atoms with Crippen molar-refractivity contribution in [2.24, 2.45) is 7.05 Å². The number of carbonyl (C=O) groups excluding carboxylic acids is 1. The molecule has 1 unspecified atom stereocenters. The van der Waals surface area contributed by atoms with Crippen molar-refractivity contribution in [2.75, 3.05) is 0 Å². The predicted molar refractivity (Wildman–Crippen MR) is 103 cm³/mol. The zero-order valence-corrected chi connectivity index (χ0v) is 15.7. The van der Waals surface area contributed by atoms with Crippen molar-refractivity contribution in [3.8, 4) is 5.75 Å². The van der Waals surface area contributed by atoms with Crippen LogP contribution in [0.4, 0.5) is 0 Å². The normalized spacial score (nSPS) is 16.3. The van der Waals surface area contributed by atoms with E-state index < -0.39 is 11.9 Å². The average Bonchev–Trinajstić information content (AvgIpc) is 2.59. The number of H-pyrrole nitrogens is 1. The van der Waals surface area contributed by atoms with Gasteiger partial charge in [0.1, 0.15) is 5.75 Å². The SMILES string of the molecule is Cc1cc(C)c2[nH]c(=O)c(C3CC(=O)Oc4cc(C)n(C)c(=O)c43)cc2c1. The lowest BCUT2D eigenvalue weighted by Crippen LogP contribution is -2.34. The quantitative estimate of drug-likeness (QED) is 0.673. The minimum atomic E-state index is -0.630. The summed E-state index contributed by atoms with van der Waals surface area (Å²) in [5, 5.41) is 0.881. The number of rotatable bonds is 1. The van der Waals surface area contributed by atoms with Gasteiger partial charge in [-0.2, -0.15) is 0 Å². The second-order valence-corrected chi connectivity index (χ2v) is 7.26. The van der Waals surface area contributed by atoms with Crippen molar-refractivity contribution in [1.29, 1.82) is 0 Å². The molecule has 4 rings (SSSR count). The third-order valence-corrected chi connectivity index (χ3v) is 5.31. The predicted octanol–water partition coefficient (Wildman–Crippen LogP) is 2.59. The molecule has 27 heavy (non-hydrogen) atoms. The molecule has 0 radical (unpaired) electrons. The van der Waals surface area contributed by atoms with Crippen LogP contribution in [0.5, 0.6) is 5.75 Å². The molecular weight excluding hydrogens is 344 g/mol. The molecule has 138 valence electrons. The number of aromatic nitrogens is 2. The van der Waals surface area contributed by atoms with E-state index in [4.69, 9.17) is 4.74 Å². The zero-order chi connectivity index (χ0) is 19.5. The Labute approximate surface area is 155 Å². The van der Waals surface area contributed by atoms with Gasteiger partial charge in [0.05, 0.1) is 17.5 Å². The smallest absolute Gasteiger partial charge is 0.312 e. The van der Waals surface area contributed by atoms with Gasteiger partial charge in [0.25, 0.3) is 11.1 Å². The zero-order valence-electron chi connectivity index (χ0n) is 15.7. The van der Waals surface area contributed by atoms with Crippen LogP contribution in [0.1, 0.15) is 40.3 Å². The number of pyridine rings is 2. The molecule has 1 aromatic carbocycles. The van der Waals surface area contributed by atoms with Crippen molar-refractivity contribution < 1.29 is 9.53 Å². The number of benzene rings is 1. The summed E-state index contributed by atoms with van der Waals surface area (Å²) in [5.74, 6) is -0.827. The fraction of sp³-hybridized carbons (Fsp3) is 0.286. The Morgan fingerprint density at radius 2 is 1.81 bits per heavy atom. The van der Waals surface area contributed by atoms with Crippen LogP contribution < -0.4 is 15.9 Å². The van der Waals surface area contributed by atoms with Gasteiger partial charge in [0.15, 0.2) is 0 Å². The van der Waals surface area contributed by atoms with Crippen LogP contribution >= 0.6 is 0 Å². The average molecular weight is 364 g/mol. The largest absolute Gasteiger partial charge is 0.426 e. The maximum atomic E-state index is 12.9. The highest BCUT2D eigenvalue weighted by molar-refractivity contribution is 5.84. The van der Waals surface area contributed by atoms with Crippen molar-refractivity contribution in [3.63, 3.8) is 0 Å². The van der Waals surface area contributed by atoms with Crippen LogP contribution in [0.15, 0.2) is 33.9 Å². The van der Waals surface area contributed by atoms with E-state index in [1.807, 2.05) is 26.0 Å². The Balaban J connectivity index is 2.02. The molecule has 2 aromatic heterocycles. The lowest BCUT2D eigenvalue weighted by Gasteiger charge is -2.25. The molecule has 1 atom stereocenters. The van der Waals surface area contributed by atoms with Gasteiger partial charge in [-0.15, -0.1) is 0 Å². The van der Waals surface area contributed by atoms with E-state index in [0.717, 1.165) is 22.0 Å². The molecule has 3 aromatic rings. The topological polar surface area (TPSA) is 81.2 Å². The van der Waals surface area contributed by atoms with Crippen LogP contribution in [0.3, 0.4) is 0 Å². The maximum absolute atomic E-state index is 12.9. The van der Waals surface area contributed by atoms with Crippen LogP contribution in [0, 0.1) is 20.8 Å². The minimum absolute atomic E-state index is 0.0370. The Morgan fingerprint density at radius 3 is 2.56 bits per heavy atom. The number of ether oxygens (including phenoxy) is 1. The molecule has 0 spiro atoms. The molecule has 1 aliphatic rings. The fourth-order valence-electron chi connectivity index (χ4n) is 3.88. The molecular formula is C21H20N2O4. The van der Waals surface area contributed by atoms with Crippen LogP contribution in [0.25, 0.3) is 10.9 Å². The van der Waals surface area contributed by atoms with E-state index in [1.54, 1.807) is 26.1 Å². The summed E-state index contributed by atoms with van der Waals surface area (Å²) in [4.78, 5) is 40.8. The number of hydrogen-bond donors (Lipinski definition) is 1. The van der Waals surface area contributed by atoms with E-state index in [0.29, 0.717) is 16.8 Å². The highest BCUT2D eigenvalue weighted by Crippen LogP contribution is 2.36. The molecule has 0 saturated carbocycles. The second-order valence-electron chi connectivity index (χ2n) is 7.26. The Bertz CT molecular complexity index is 1230. The lowest BCUT2D eigenvalue weighted by molar-refractivity contribution is -0.135. The number of nitrogens with zero attached hydrogens (tertiary/aromatic N) is 1. The van der Waals surface area contributed by atoms with Crippen molar-refractivity contribution >= 4 is 16.9 Å². The first-order valence-electron chi connectivity index (χ1n) is 8.81. The third-order valence-electron chi connectivity index (χ3n) is 5.31. The van der Waals surface area contributed by atoms with Crippen molar-refractivity contribution in [1.82, 2.24) is 9.55 Å². The van der Waals surface area contributed by atoms with Gasteiger partial charge in [-0.05, 0) is 43.9 Å². The first-order valence-corrected chi connectivity index (χ1v) is 8.81. The third kappa shape index (κ3) is 2.68. The first-order chi connectivity index (χ1) is 12.8. The maximum Gasteiger partial charge on any atom is 0.312 e. The van der Waals surface area contributed by atoms with E-state index in [9.17, 15) is 14.4 Å². The van der Waals surface area contributed by atoms with E-state index in [2.05, 4.69) is 4.98 Å². The monoisotopic (exact) mass is 364 g/mol. The summed E-state index contributed by atoms with van der Waals surface area (Å²) < 4.78 is 6.81. The standard InChI is InChI=1S/C21H20N2O4/c1-10-5-11(2)19-13(6-10)8-15(20(25)22-19)14-9-17(24)27-16-7-12(3)23(4)21(26)18(14)16/h5-8,14H,9H2,1-4H3,(H,22,25). The van der Waals surface area contributed by atoms with Gasteiger partial charge in [0, 0.05) is 30.3 Å². The van der Waals surface area contributed by atoms with Gasteiger partial charge in [-0.25, -0.2) is 0 Å². The minimum Gasteiger partial charge on any atom is -0.426 e. The van der Waals surface area contributed by atoms with Crippen LogP contribution in [0.2, 0.25) is 0 Å². The first kappa shape index (κ1) is 17.3. The summed E-state index contributed by atoms with van der Waals surface area (Å²) in [6.07, 6.45) is -0.0370. The van der Waals surface area contributed by atoms with Crippen LogP contribution in [-0.2, 0) is 11.8 Å². The molecule has 1 aliphatic heterocycles. The molecule has 6 nitrogen and oxygen atoms in total. The summed E-state index contributed by atoms with van der Waals surface area (Å²) in [5.41, 5.74) is 3.74. The second kappa shape index (κ2) is 5.94.